The summed E-state index contributed by atoms with van der Waals surface area (Å²) in [7, 11) is 1.90. The first-order chi connectivity index (χ1) is 9.05. The molecule has 2 aromatic rings. The van der Waals surface area contributed by atoms with E-state index in [1.54, 1.807) is 11.8 Å². The van der Waals surface area contributed by atoms with Crippen molar-refractivity contribution in [2.75, 3.05) is 12.3 Å². The number of aromatic nitrogens is 2. The molecule has 0 saturated carbocycles. The lowest BCUT2D eigenvalue weighted by Crippen LogP contribution is -2.37. The molecule has 0 aliphatic heterocycles. The molecule has 0 aliphatic carbocycles. The van der Waals surface area contributed by atoms with Crippen LogP contribution in [0.15, 0.2) is 41.4 Å². The Balaban J connectivity index is 2.13. The summed E-state index contributed by atoms with van der Waals surface area (Å²) in [5, 5.41) is 16.0. The summed E-state index contributed by atoms with van der Waals surface area (Å²) in [5.74, 6) is 0.506. The van der Waals surface area contributed by atoms with Gasteiger partial charge in [0.05, 0.1) is 10.7 Å². The molecule has 0 bridgehead atoms. The maximum absolute atomic E-state index is 10.7. The Morgan fingerprint density at radius 3 is 2.58 bits per heavy atom. The number of aryl methyl sites for hydroxylation is 2. The van der Waals surface area contributed by atoms with Crippen molar-refractivity contribution in [2.24, 2.45) is 12.8 Å². The molecule has 4 nitrogen and oxygen atoms in total. The Hall–Kier alpha value is -1.30. The first-order valence-corrected chi connectivity index (χ1v) is 7.15. The monoisotopic (exact) mass is 277 g/mol. The lowest BCUT2D eigenvalue weighted by Gasteiger charge is -2.26. The largest absolute Gasteiger partial charge is 0.383 e. The summed E-state index contributed by atoms with van der Waals surface area (Å²) in [4.78, 5) is 0. The van der Waals surface area contributed by atoms with E-state index in [4.69, 9.17) is 5.73 Å². The van der Waals surface area contributed by atoms with E-state index in [1.165, 1.54) is 0 Å². The van der Waals surface area contributed by atoms with Crippen LogP contribution in [0.3, 0.4) is 0 Å². The summed E-state index contributed by atoms with van der Waals surface area (Å²) in [6.45, 7) is 2.15. The number of hydrogen-bond acceptors (Lipinski definition) is 4. The number of thioether (sulfide) groups is 1. The molecule has 3 N–H and O–H groups in total. The van der Waals surface area contributed by atoms with Gasteiger partial charge in [0.25, 0.3) is 0 Å². The van der Waals surface area contributed by atoms with Crippen LogP contribution < -0.4 is 5.73 Å². The standard InChI is InChI=1S/C14H19N3OS/c1-11-8-13(17(2)16-11)19-10-14(18,9-15)12-6-4-3-5-7-12/h3-8,18H,9-10,15H2,1-2H3. The lowest BCUT2D eigenvalue weighted by atomic mass is 9.96. The number of aliphatic hydroxyl groups is 1. The van der Waals surface area contributed by atoms with Gasteiger partial charge in [-0.25, -0.2) is 0 Å². The average molecular weight is 277 g/mol. The van der Waals surface area contributed by atoms with Gasteiger partial charge in [-0.2, -0.15) is 5.10 Å². The highest BCUT2D eigenvalue weighted by Crippen LogP contribution is 2.29. The molecule has 0 aliphatic rings. The Morgan fingerprint density at radius 1 is 1.37 bits per heavy atom. The second-order valence-corrected chi connectivity index (χ2v) is 5.63. The summed E-state index contributed by atoms with van der Waals surface area (Å²) in [6.07, 6.45) is 0. The van der Waals surface area contributed by atoms with Gasteiger partial charge in [0.2, 0.25) is 0 Å². The van der Waals surface area contributed by atoms with Crippen LogP contribution in [0.4, 0.5) is 0 Å². The fourth-order valence-electron chi connectivity index (χ4n) is 1.92. The zero-order chi connectivity index (χ0) is 13.9. The number of nitrogens with two attached hydrogens (primary N) is 1. The predicted molar refractivity (Wildman–Crippen MR) is 78.1 cm³/mol. The average Bonchev–Trinajstić information content (AvgIpc) is 2.75. The minimum Gasteiger partial charge on any atom is -0.383 e. The minimum absolute atomic E-state index is 0.195. The third kappa shape index (κ3) is 3.18. The number of nitrogens with zero attached hydrogens (tertiary/aromatic N) is 2. The second kappa shape index (κ2) is 5.77. The molecule has 5 heteroatoms. The molecule has 2 rings (SSSR count). The molecule has 0 radical (unpaired) electrons. The Bertz CT molecular complexity index is 541. The van der Waals surface area contributed by atoms with Gasteiger partial charge in [0.15, 0.2) is 0 Å². The van der Waals surface area contributed by atoms with Crippen LogP contribution in [0.25, 0.3) is 0 Å². The molecule has 0 amide bonds. The van der Waals surface area contributed by atoms with E-state index in [0.29, 0.717) is 5.75 Å². The van der Waals surface area contributed by atoms with E-state index in [2.05, 4.69) is 5.10 Å². The normalized spacial score (nSPS) is 14.3. The van der Waals surface area contributed by atoms with Crippen molar-refractivity contribution in [3.63, 3.8) is 0 Å². The second-order valence-electron chi connectivity index (χ2n) is 4.64. The quantitative estimate of drug-likeness (QED) is 0.816. The molecular weight excluding hydrogens is 258 g/mol. The molecule has 102 valence electrons. The summed E-state index contributed by atoms with van der Waals surface area (Å²) in [6, 6.07) is 11.6. The zero-order valence-electron chi connectivity index (χ0n) is 11.2. The molecule has 1 atom stereocenters. The summed E-state index contributed by atoms with van der Waals surface area (Å²) >= 11 is 1.56. The highest BCUT2D eigenvalue weighted by atomic mass is 32.2. The highest BCUT2D eigenvalue weighted by Gasteiger charge is 2.28. The Morgan fingerprint density at radius 2 is 2.05 bits per heavy atom. The van der Waals surface area contributed by atoms with E-state index in [0.717, 1.165) is 16.3 Å². The SMILES string of the molecule is Cc1cc(SCC(O)(CN)c2ccccc2)n(C)n1. The van der Waals surface area contributed by atoms with Crippen LogP contribution in [0.5, 0.6) is 0 Å². The summed E-state index contributed by atoms with van der Waals surface area (Å²) < 4.78 is 1.82. The first-order valence-electron chi connectivity index (χ1n) is 6.16. The van der Waals surface area contributed by atoms with Crippen LogP contribution in [0, 0.1) is 6.92 Å². The smallest absolute Gasteiger partial charge is 0.111 e. The fourth-order valence-corrected chi connectivity index (χ4v) is 3.08. The van der Waals surface area contributed by atoms with Gasteiger partial charge >= 0.3 is 0 Å². The van der Waals surface area contributed by atoms with Crippen molar-refractivity contribution in [1.82, 2.24) is 9.78 Å². The minimum atomic E-state index is -1.01. The van der Waals surface area contributed by atoms with Gasteiger partial charge in [-0.3, -0.25) is 4.68 Å². The zero-order valence-corrected chi connectivity index (χ0v) is 12.0. The molecular formula is C14H19N3OS. The van der Waals surface area contributed by atoms with Gasteiger partial charge in [-0.1, -0.05) is 30.3 Å². The molecule has 0 fully saturated rings. The van der Waals surface area contributed by atoms with Crippen LogP contribution >= 0.6 is 11.8 Å². The van der Waals surface area contributed by atoms with E-state index in [9.17, 15) is 5.11 Å². The highest BCUT2D eigenvalue weighted by molar-refractivity contribution is 7.99. The van der Waals surface area contributed by atoms with Crippen molar-refractivity contribution in [3.8, 4) is 0 Å². The van der Waals surface area contributed by atoms with E-state index in [-0.39, 0.29) is 6.54 Å². The molecule has 19 heavy (non-hydrogen) atoms. The van der Waals surface area contributed by atoms with E-state index in [1.807, 2.05) is 55.1 Å². The van der Waals surface area contributed by atoms with Crippen molar-refractivity contribution in [2.45, 2.75) is 17.6 Å². The summed E-state index contributed by atoms with van der Waals surface area (Å²) in [5.41, 5.74) is 6.57. The molecule has 1 heterocycles. The molecule has 0 saturated heterocycles. The fraction of sp³-hybridized carbons (Fsp3) is 0.357. The van der Waals surface area contributed by atoms with Gasteiger partial charge in [-0.15, -0.1) is 11.8 Å². The third-order valence-corrected chi connectivity index (χ3v) is 4.37. The van der Waals surface area contributed by atoms with E-state index >= 15 is 0 Å². The molecule has 1 aromatic heterocycles. The van der Waals surface area contributed by atoms with E-state index < -0.39 is 5.60 Å². The van der Waals surface area contributed by atoms with Crippen LogP contribution in [-0.4, -0.2) is 27.2 Å². The van der Waals surface area contributed by atoms with Crippen molar-refractivity contribution in [3.05, 3.63) is 47.7 Å². The van der Waals surface area contributed by atoms with Gasteiger partial charge < -0.3 is 10.8 Å². The third-order valence-electron chi connectivity index (χ3n) is 3.07. The number of hydrogen-bond donors (Lipinski definition) is 2. The topological polar surface area (TPSA) is 64.1 Å². The maximum atomic E-state index is 10.7. The van der Waals surface area contributed by atoms with Crippen molar-refractivity contribution in [1.29, 1.82) is 0 Å². The van der Waals surface area contributed by atoms with Crippen LogP contribution in [0.1, 0.15) is 11.3 Å². The van der Waals surface area contributed by atoms with Crippen LogP contribution in [0.2, 0.25) is 0 Å². The van der Waals surface area contributed by atoms with Gasteiger partial charge in [-0.05, 0) is 18.6 Å². The number of rotatable bonds is 5. The van der Waals surface area contributed by atoms with Crippen LogP contribution in [-0.2, 0) is 12.6 Å². The molecule has 1 aromatic carbocycles. The maximum Gasteiger partial charge on any atom is 0.111 e. The molecule has 1 unspecified atom stereocenters. The Kier molecular flexibility index (Phi) is 4.29. The van der Waals surface area contributed by atoms with Gasteiger partial charge in [0.1, 0.15) is 5.60 Å². The Labute approximate surface area is 117 Å². The number of benzene rings is 1. The first kappa shape index (κ1) is 14.1. The van der Waals surface area contributed by atoms with Gasteiger partial charge in [0, 0.05) is 19.3 Å². The predicted octanol–water partition coefficient (Wildman–Crippen LogP) is 1.67. The van der Waals surface area contributed by atoms with Crippen molar-refractivity contribution >= 4 is 11.8 Å². The lowest BCUT2D eigenvalue weighted by molar-refractivity contribution is 0.0721. The van der Waals surface area contributed by atoms with Crippen molar-refractivity contribution < 1.29 is 5.11 Å². The molecule has 0 spiro atoms.